The first-order valence-electron chi connectivity index (χ1n) is 6.01. The molecule has 1 aromatic carbocycles. The normalized spacial score (nSPS) is 15.3. The van der Waals surface area contributed by atoms with Gasteiger partial charge in [-0.3, -0.25) is 4.79 Å². The first-order chi connectivity index (χ1) is 9.10. The van der Waals surface area contributed by atoms with Crippen molar-refractivity contribution in [3.05, 3.63) is 52.6 Å². The Bertz CT molecular complexity index is 678. The van der Waals surface area contributed by atoms with E-state index in [1.165, 1.54) is 0 Å². The third kappa shape index (κ3) is 2.07. The molecule has 0 N–H and O–H groups in total. The molecule has 0 amide bonds. The van der Waals surface area contributed by atoms with Gasteiger partial charge in [-0.1, -0.05) is 44.2 Å². The number of carbonyl (C=O) groups excluding carboxylic acids is 1. The van der Waals surface area contributed by atoms with Crippen LogP contribution in [-0.4, -0.2) is 5.78 Å². The molecule has 0 aromatic heterocycles. The van der Waals surface area contributed by atoms with E-state index in [2.05, 4.69) is 0 Å². The van der Waals surface area contributed by atoms with Crippen molar-refractivity contribution in [1.82, 2.24) is 0 Å². The van der Waals surface area contributed by atoms with Gasteiger partial charge in [-0.2, -0.15) is 10.5 Å². The number of fused-ring (bicyclic) bond motifs is 1. The summed E-state index contributed by atoms with van der Waals surface area (Å²) in [6.07, 6.45) is 1.81. The zero-order chi connectivity index (χ0) is 14.0. The largest absolute Gasteiger partial charge is 0.289 e. The lowest BCUT2D eigenvalue weighted by Gasteiger charge is -2.03. The van der Waals surface area contributed by atoms with E-state index in [0.717, 1.165) is 0 Å². The van der Waals surface area contributed by atoms with Crippen molar-refractivity contribution >= 4 is 11.4 Å². The van der Waals surface area contributed by atoms with E-state index in [1.54, 1.807) is 24.3 Å². The molecule has 0 aliphatic heterocycles. The highest BCUT2D eigenvalue weighted by Gasteiger charge is 2.31. The number of hydrogen-bond acceptors (Lipinski definition) is 3. The Hall–Kier alpha value is -2.65. The highest BCUT2D eigenvalue weighted by atomic mass is 16.1. The highest BCUT2D eigenvalue weighted by molar-refractivity contribution is 6.27. The molecule has 0 bridgehead atoms. The fourth-order valence-corrected chi connectivity index (χ4v) is 2.20. The zero-order valence-electron chi connectivity index (χ0n) is 10.8. The van der Waals surface area contributed by atoms with Crippen molar-refractivity contribution in [2.75, 3.05) is 0 Å². The van der Waals surface area contributed by atoms with Crippen LogP contribution in [0.4, 0.5) is 0 Å². The van der Waals surface area contributed by atoms with Gasteiger partial charge in [0.2, 0.25) is 0 Å². The Kier molecular flexibility index (Phi) is 3.31. The second-order valence-electron chi connectivity index (χ2n) is 4.67. The van der Waals surface area contributed by atoms with Crippen molar-refractivity contribution in [1.29, 1.82) is 10.5 Å². The Morgan fingerprint density at radius 3 is 2.26 bits per heavy atom. The van der Waals surface area contributed by atoms with Crippen molar-refractivity contribution in [3.8, 4) is 12.1 Å². The van der Waals surface area contributed by atoms with Crippen LogP contribution in [0, 0.1) is 28.6 Å². The minimum atomic E-state index is -0.109. The van der Waals surface area contributed by atoms with Gasteiger partial charge in [-0.15, -0.1) is 0 Å². The number of carbonyl (C=O) groups is 1. The fraction of sp³-hybridized carbons (Fsp3) is 0.188. The Morgan fingerprint density at radius 2 is 1.74 bits per heavy atom. The summed E-state index contributed by atoms with van der Waals surface area (Å²) in [5, 5.41) is 18.2. The van der Waals surface area contributed by atoms with Gasteiger partial charge in [0.1, 0.15) is 17.7 Å². The molecule has 0 fully saturated rings. The van der Waals surface area contributed by atoms with Crippen LogP contribution in [-0.2, 0) is 0 Å². The van der Waals surface area contributed by atoms with Crippen molar-refractivity contribution < 1.29 is 4.79 Å². The van der Waals surface area contributed by atoms with Gasteiger partial charge >= 0.3 is 0 Å². The summed E-state index contributed by atoms with van der Waals surface area (Å²) in [6.45, 7) is 3.92. The van der Waals surface area contributed by atoms with E-state index in [-0.39, 0.29) is 17.3 Å². The summed E-state index contributed by atoms with van der Waals surface area (Å²) < 4.78 is 0. The van der Waals surface area contributed by atoms with Crippen LogP contribution < -0.4 is 0 Å². The van der Waals surface area contributed by atoms with Crippen LogP contribution in [0.5, 0.6) is 0 Å². The second kappa shape index (κ2) is 4.92. The van der Waals surface area contributed by atoms with Gasteiger partial charge in [0.05, 0.1) is 0 Å². The lowest BCUT2D eigenvalue weighted by molar-refractivity contribution is 0.104. The van der Waals surface area contributed by atoms with Crippen LogP contribution in [0.15, 0.2) is 41.5 Å². The molecule has 0 heterocycles. The smallest absolute Gasteiger partial charge is 0.194 e. The predicted octanol–water partition coefficient (Wildman–Crippen LogP) is 3.27. The Morgan fingerprint density at radius 1 is 1.16 bits per heavy atom. The number of ketones is 1. The first-order valence-corrected chi connectivity index (χ1v) is 6.01. The fourth-order valence-electron chi connectivity index (χ4n) is 2.20. The summed E-state index contributed by atoms with van der Waals surface area (Å²) in [5.74, 6) is 0.0594. The predicted molar refractivity (Wildman–Crippen MR) is 71.8 cm³/mol. The molecule has 3 heteroatoms. The zero-order valence-corrected chi connectivity index (χ0v) is 10.8. The van der Waals surface area contributed by atoms with Gasteiger partial charge < -0.3 is 0 Å². The average molecular weight is 248 g/mol. The van der Waals surface area contributed by atoms with Crippen LogP contribution in [0.3, 0.4) is 0 Å². The molecule has 1 aromatic rings. The monoisotopic (exact) mass is 248 g/mol. The molecule has 0 atom stereocenters. The van der Waals surface area contributed by atoms with Gasteiger partial charge in [0.15, 0.2) is 5.78 Å². The standard InChI is InChI=1S/C16H12N2O/c1-10(2)7-14-15(11(8-17)9-18)12-5-3-4-6-13(12)16(14)19/h3-7,10H,1-2H3/b14-7+. The van der Waals surface area contributed by atoms with Gasteiger partial charge in [0, 0.05) is 16.7 Å². The summed E-state index contributed by atoms with van der Waals surface area (Å²) in [6, 6.07) is 10.9. The highest BCUT2D eigenvalue weighted by Crippen LogP contribution is 2.39. The average Bonchev–Trinajstić information content (AvgIpc) is 2.66. The van der Waals surface area contributed by atoms with E-state index >= 15 is 0 Å². The van der Waals surface area contributed by atoms with E-state index in [4.69, 9.17) is 10.5 Å². The minimum absolute atomic E-state index is 0.00907. The number of nitriles is 2. The Balaban J connectivity index is 2.82. The lowest BCUT2D eigenvalue weighted by atomic mass is 9.97. The molecular weight excluding hydrogens is 236 g/mol. The topological polar surface area (TPSA) is 64.7 Å². The minimum Gasteiger partial charge on any atom is -0.289 e. The van der Waals surface area contributed by atoms with Crippen LogP contribution in [0.1, 0.15) is 29.8 Å². The molecule has 0 radical (unpaired) electrons. The summed E-state index contributed by atoms with van der Waals surface area (Å²) in [7, 11) is 0. The molecule has 1 aliphatic carbocycles. The third-order valence-electron chi connectivity index (χ3n) is 2.93. The van der Waals surface area contributed by atoms with E-state index < -0.39 is 0 Å². The first kappa shape index (κ1) is 12.8. The summed E-state index contributed by atoms with van der Waals surface area (Å²) >= 11 is 0. The molecule has 19 heavy (non-hydrogen) atoms. The van der Waals surface area contributed by atoms with Gasteiger partial charge in [-0.05, 0) is 11.5 Å². The maximum atomic E-state index is 12.4. The lowest BCUT2D eigenvalue weighted by Crippen LogP contribution is -1.98. The van der Waals surface area contributed by atoms with Crippen molar-refractivity contribution in [3.63, 3.8) is 0 Å². The van der Waals surface area contributed by atoms with E-state index in [0.29, 0.717) is 22.3 Å². The second-order valence-corrected chi connectivity index (χ2v) is 4.67. The van der Waals surface area contributed by atoms with Gasteiger partial charge in [0.25, 0.3) is 0 Å². The number of benzene rings is 1. The third-order valence-corrected chi connectivity index (χ3v) is 2.93. The molecule has 0 spiro atoms. The SMILES string of the molecule is CC(C)/C=C1/C(=O)c2ccccc2C1=C(C#N)C#N. The molecule has 2 rings (SSSR count). The molecule has 3 nitrogen and oxygen atoms in total. The molecule has 92 valence electrons. The molecule has 0 unspecified atom stereocenters. The molecule has 0 saturated heterocycles. The van der Waals surface area contributed by atoms with E-state index in [1.807, 2.05) is 32.1 Å². The van der Waals surface area contributed by atoms with E-state index in [9.17, 15) is 4.79 Å². The number of hydrogen-bond donors (Lipinski definition) is 0. The maximum absolute atomic E-state index is 12.4. The maximum Gasteiger partial charge on any atom is 0.194 e. The number of allylic oxidation sites excluding steroid dienone is 4. The Labute approximate surface area is 112 Å². The number of rotatable bonds is 1. The summed E-state index contributed by atoms with van der Waals surface area (Å²) in [5.41, 5.74) is 2.17. The van der Waals surface area contributed by atoms with Crippen molar-refractivity contribution in [2.45, 2.75) is 13.8 Å². The quantitative estimate of drug-likeness (QED) is 0.566. The van der Waals surface area contributed by atoms with Crippen LogP contribution in [0.25, 0.3) is 5.57 Å². The molecule has 0 saturated carbocycles. The van der Waals surface area contributed by atoms with Gasteiger partial charge in [-0.25, -0.2) is 0 Å². The number of nitrogens with zero attached hydrogens (tertiary/aromatic N) is 2. The molecule has 1 aliphatic rings. The number of Topliss-reactive ketones (excluding diaryl/α,β-unsaturated/α-hetero) is 1. The van der Waals surface area contributed by atoms with Crippen LogP contribution in [0.2, 0.25) is 0 Å². The van der Waals surface area contributed by atoms with Crippen molar-refractivity contribution in [2.24, 2.45) is 5.92 Å². The molecular formula is C16H12N2O. The van der Waals surface area contributed by atoms with Crippen LogP contribution >= 0.6 is 0 Å². The summed E-state index contributed by atoms with van der Waals surface area (Å²) in [4.78, 5) is 12.4.